The van der Waals surface area contributed by atoms with E-state index in [1.165, 1.54) is 0 Å². The van der Waals surface area contributed by atoms with E-state index in [1.54, 1.807) is 28.0 Å². The van der Waals surface area contributed by atoms with Gasteiger partial charge in [-0.1, -0.05) is 39.8 Å². The average molecular weight is 332 g/mol. The van der Waals surface area contributed by atoms with Crippen LogP contribution in [0.15, 0.2) is 24.3 Å². The van der Waals surface area contributed by atoms with Gasteiger partial charge in [0, 0.05) is 37.2 Å². The third-order valence-electron chi connectivity index (χ3n) is 3.84. The first kappa shape index (κ1) is 19.9. The predicted molar refractivity (Wildman–Crippen MR) is 96.3 cm³/mol. The van der Waals surface area contributed by atoms with Gasteiger partial charge in [-0.3, -0.25) is 14.4 Å². The Morgan fingerprint density at radius 1 is 1.12 bits per heavy atom. The second-order valence-electron chi connectivity index (χ2n) is 5.44. The lowest BCUT2D eigenvalue weighted by Gasteiger charge is -2.34. The van der Waals surface area contributed by atoms with Gasteiger partial charge >= 0.3 is 0 Å². The second kappa shape index (κ2) is 9.85. The minimum atomic E-state index is -0.100. The standard InChI is InChI=1S/C17H22N2O3.C2H6/c1-3-6-16(21)18-9-10-19(17(22)12-18)14-8-5-7-13(11-14)15(20)4-2;1-2/h5,7-8,11H,3-4,6,9-10,12H2,1-2H3;1-2H3. The molecule has 1 aliphatic rings. The van der Waals surface area contributed by atoms with Crippen molar-refractivity contribution in [3.8, 4) is 0 Å². The molecule has 0 saturated carbocycles. The van der Waals surface area contributed by atoms with Gasteiger partial charge in [-0.05, 0) is 18.6 Å². The van der Waals surface area contributed by atoms with Crippen LogP contribution in [0.3, 0.4) is 0 Å². The molecule has 0 N–H and O–H groups in total. The molecule has 0 atom stereocenters. The molecule has 5 heteroatoms. The topological polar surface area (TPSA) is 57.7 Å². The van der Waals surface area contributed by atoms with Crippen LogP contribution in [0.25, 0.3) is 0 Å². The van der Waals surface area contributed by atoms with Gasteiger partial charge in [0.1, 0.15) is 6.54 Å². The molecule has 1 aliphatic heterocycles. The fourth-order valence-electron chi connectivity index (χ4n) is 2.58. The zero-order valence-electron chi connectivity index (χ0n) is 15.2. The van der Waals surface area contributed by atoms with Gasteiger partial charge in [0.25, 0.3) is 0 Å². The summed E-state index contributed by atoms with van der Waals surface area (Å²) in [5, 5.41) is 0. The summed E-state index contributed by atoms with van der Waals surface area (Å²) in [5.74, 6) is -0.00623. The van der Waals surface area contributed by atoms with Crippen molar-refractivity contribution >= 4 is 23.3 Å². The molecule has 0 radical (unpaired) electrons. The normalized spacial score (nSPS) is 14.1. The molecule has 0 aromatic heterocycles. The summed E-state index contributed by atoms with van der Waals surface area (Å²) in [5.41, 5.74) is 1.35. The molecular formula is C19H28N2O3. The predicted octanol–water partition coefficient (Wildman–Crippen LogP) is 3.28. The minimum absolute atomic E-state index is 0.0328. The van der Waals surface area contributed by atoms with Gasteiger partial charge in [0.2, 0.25) is 11.8 Å². The van der Waals surface area contributed by atoms with E-state index in [0.29, 0.717) is 31.5 Å². The highest BCUT2D eigenvalue weighted by atomic mass is 16.2. The van der Waals surface area contributed by atoms with Crippen LogP contribution < -0.4 is 4.90 Å². The average Bonchev–Trinajstić information content (AvgIpc) is 2.63. The molecule has 24 heavy (non-hydrogen) atoms. The zero-order chi connectivity index (χ0) is 18.1. The van der Waals surface area contributed by atoms with Gasteiger partial charge < -0.3 is 9.80 Å². The Labute approximate surface area is 144 Å². The van der Waals surface area contributed by atoms with Gasteiger partial charge in [-0.2, -0.15) is 0 Å². The van der Waals surface area contributed by atoms with E-state index < -0.39 is 0 Å². The van der Waals surface area contributed by atoms with Crippen molar-refractivity contribution in [3.63, 3.8) is 0 Å². The first-order chi connectivity index (χ1) is 11.6. The zero-order valence-corrected chi connectivity index (χ0v) is 15.2. The molecule has 1 heterocycles. The fraction of sp³-hybridized carbons (Fsp3) is 0.526. The fourth-order valence-corrected chi connectivity index (χ4v) is 2.58. The molecule has 0 unspecified atom stereocenters. The number of hydrogen-bond donors (Lipinski definition) is 0. The maximum absolute atomic E-state index is 12.3. The monoisotopic (exact) mass is 332 g/mol. The summed E-state index contributed by atoms with van der Waals surface area (Å²) < 4.78 is 0. The molecular weight excluding hydrogens is 304 g/mol. The molecule has 5 nitrogen and oxygen atoms in total. The number of hydrogen-bond acceptors (Lipinski definition) is 3. The molecule has 2 amide bonds. The molecule has 0 aliphatic carbocycles. The van der Waals surface area contributed by atoms with Crippen LogP contribution in [0.5, 0.6) is 0 Å². The maximum atomic E-state index is 12.3. The number of benzene rings is 1. The van der Waals surface area contributed by atoms with Crippen molar-refractivity contribution in [1.29, 1.82) is 0 Å². The molecule has 132 valence electrons. The largest absolute Gasteiger partial charge is 0.332 e. The number of piperazine rings is 1. The smallest absolute Gasteiger partial charge is 0.246 e. The Morgan fingerprint density at radius 3 is 2.42 bits per heavy atom. The Hall–Kier alpha value is -2.17. The van der Waals surface area contributed by atoms with E-state index in [1.807, 2.05) is 33.8 Å². The molecule has 0 bridgehead atoms. The number of rotatable bonds is 5. The Balaban J connectivity index is 0.00000139. The number of Topliss-reactive ketones (excluding diaryl/α,β-unsaturated/α-hetero) is 1. The van der Waals surface area contributed by atoms with Gasteiger partial charge in [0.15, 0.2) is 5.78 Å². The van der Waals surface area contributed by atoms with Gasteiger partial charge in [-0.15, -0.1) is 0 Å². The van der Waals surface area contributed by atoms with Crippen molar-refractivity contribution < 1.29 is 14.4 Å². The van der Waals surface area contributed by atoms with E-state index in [4.69, 9.17) is 0 Å². The SMILES string of the molecule is CC.CCCC(=O)N1CCN(c2cccc(C(=O)CC)c2)C(=O)C1. The lowest BCUT2D eigenvalue weighted by molar-refractivity contribution is -0.136. The van der Waals surface area contributed by atoms with Crippen LogP contribution in [0.1, 0.15) is 57.3 Å². The molecule has 1 aromatic rings. The third kappa shape index (κ3) is 4.91. The summed E-state index contributed by atoms with van der Waals surface area (Å²) in [6, 6.07) is 7.14. The third-order valence-corrected chi connectivity index (χ3v) is 3.84. The number of ketones is 1. The Morgan fingerprint density at radius 2 is 1.83 bits per heavy atom. The first-order valence-corrected chi connectivity index (χ1v) is 8.78. The van der Waals surface area contributed by atoms with Crippen LogP contribution in [-0.4, -0.2) is 42.1 Å². The lowest BCUT2D eigenvalue weighted by Crippen LogP contribution is -2.52. The van der Waals surface area contributed by atoms with Crippen molar-refractivity contribution in [2.75, 3.05) is 24.5 Å². The number of carbonyl (C=O) groups is 3. The van der Waals surface area contributed by atoms with Crippen LogP contribution in [0, 0.1) is 0 Å². The molecule has 2 rings (SSSR count). The summed E-state index contributed by atoms with van der Waals surface area (Å²) in [7, 11) is 0. The number of anilines is 1. The summed E-state index contributed by atoms with van der Waals surface area (Å²) in [4.78, 5) is 39.2. The van der Waals surface area contributed by atoms with Crippen LogP contribution in [0.4, 0.5) is 5.69 Å². The Kier molecular flexibility index (Phi) is 8.16. The number of amides is 2. The second-order valence-corrected chi connectivity index (χ2v) is 5.44. The maximum Gasteiger partial charge on any atom is 0.246 e. The van der Waals surface area contributed by atoms with Crippen LogP contribution in [0.2, 0.25) is 0 Å². The van der Waals surface area contributed by atoms with Crippen LogP contribution >= 0.6 is 0 Å². The lowest BCUT2D eigenvalue weighted by atomic mass is 10.1. The van der Waals surface area contributed by atoms with E-state index in [9.17, 15) is 14.4 Å². The molecule has 0 spiro atoms. The highest BCUT2D eigenvalue weighted by molar-refractivity contribution is 6.00. The molecule has 1 fully saturated rings. The highest BCUT2D eigenvalue weighted by Gasteiger charge is 2.27. The van der Waals surface area contributed by atoms with Gasteiger partial charge in [0.05, 0.1) is 0 Å². The van der Waals surface area contributed by atoms with E-state index in [2.05, 4.69) is 0 Å². The minimum Gasteiger partial charge on any atom is -0.332 e. The molecule has 1 aromatic carbocycles. The van der Waals surface area contributed by atoms with E-state index in [0.717, 1.165) is 12.1 Å². The quantitative estimate of drug-likeness (QED) is 0.778. The highest BCUT2D eigenvalue weighted by Crippen LogP contribution is 2.20. The number of nitrogens with zero attached hydrogens (tertiary/aromatic N) is 2. The summed E-state index contributed by atoms with van der Waals surface area (Å²) >= 11 is 0. The van der Waals surface area contributed by atoms with Gasteiger partial charge in [-0.25, -0.2) is 0 Å². The van der Waals surface area contributed by atoms with Crippen molar-refractivity contribution in [2.24, 2.45) is 0 Å². The summed E-state index contributed by atoms with van der Waals surface area (Å²) in [6.45, 7) is 8.89. The Bertz CT molecular complexity index is 584. The summed E-state index contributed by atoms with van der Waals surface area (Å²) in [6.07, 6.45) is 1.71. The van der Waals surface area contributed by atoms with Crippen molar-refractivity contribution in [3.05, 3.63) is 29.8 Å². The van der Waals surface area contributed by atoms with Crippen molar-refractivity contribution in [2.45, 2.75) is 47.0 Å². The van der Waals surface area contributed by atoms with Crippen LogP contribution in [-0.2, 0) is 9.59 Å². The number of carbonyl (C=O) groups excluding carboxylic acids is 3. The molecule has 1 saturated heterocycles. The van der Waals surface area contributed by atoms with E-state index in [-0.39, 0.29) is 24.1 Å². The van der Waals surface area contributed by atoms with E-state index >= 15 is 0 Å². The van der Waals surface area contributed by atoms with Crippen molar-refractivity contribution in [1.82, 2.24) is 4.90 Å². The first-order valence-electron chi connectivity index (χ1n) is 8.78.